The van der Waals surface area contributed by atoms with Gasteiger partial charge in [-0.25, -0.2) is 13.6 Å². The number of nitrogens with two attached hydrogens (primary N) is 1. The fourth-order valence-electron chi connectivity index (χ4n) is 3.27. The third-order valence-electron chi connectivity index (χ3n) is 4.76. The van der Waals surface area contributed by atoms with Gasteiger partial charge in [0.15, 0.2) is 23.0 Å². The van der Waals surface area contributed by atoms with Crippen molar-refractivity contribution in [2.45, 2.75) is 4.90 Å². The van der Waals surface area contributed by atoms with E-state index in [0.29, 0.717) is 28.2 Å². The van der Waals surface area contributed by atoms with Crippen LogP contribution in [-0.4, -0.2) is 29.4 Å². The molecule has 0 radical (unpaired) electrons. The molecular formula is C21H18FNO6S. The molecule has 0 bridgehead atoms. The number of rotatable bonds is 5. The average Bonchev–Trinajstić information content (AvgIpc) is 3.20. The lowest BCUT2D eigenvalue weighted by atomic mass is 9.93. The number of hydrogen-bond acceptors (Lipinski definition) is 6. The molecule has 1 aliphatic heterocycles. The van der Waals surface area contributed by atoms with Crippen molar-refractivity contribution in [3.8, 4) is 45.3 Å². The molecule has 9 heteroatoms. The highest BCUT2D eigenvalue weighted by molar-refractivity contribution is 7.89. The van der Waals surface area contributed by atoms with Crippen LogP contribution in [0.1, 0.15) is 0 Å². The molecule has 1 heterocycles. The van der Waals surface area contributed by atoms with Gasteiger partial charge in [0.2, 0.25) is 22.6 Å². The van der Waals surface area contributed by atoms with Gasteiger partial charge in [-0.1, -0.05) is 12.1 Å². The fraction of sp³-hybridized carbons (Fsp3) is 0.143. The monoisotopic (exact) mass is 431 g/mol. The van der Waals surface area contributed by atoms with Crippen molar-refractivity contribution >= 4 is 10.0 Å². The van der Waals surface area contributed by atoms with Gasteiger partial charge in [0, 0.05) is 0 Å². The first-order chi connectivity index (χ1) is 14.3. The van der Waals surface area contributed by atoms with Gasteiger partial charge in [0.05, 0.1) is 19.1 Å². The van der Waals surface area contributed by atoms with Gasteiger partial charge < -0.3 is 18.9 Å². The first-order valence-electron chi connectivity index (χ1n) is 8.80. The Kier molecular flexibility index (Phi) is 5.00. The van der Waals surface area contributed by atoms with E-state index in [1.807, 2.05) is 0 Å². The summed E-state index contributed by atoms with van der Waals surface area (Å²) in [4.78, 5) is -0.00124. The van der Waals surface area contributed by atoms with Crippen LogP contribution < -0.4 is 24.1 Å². The van der Waals surface area contributed by atoms with E-state index in [-0.39, 0.29) is 23.2 Å². The van der Waals surface area contributed by atoms with Gasteiger partial charge in [-0.05, 0) is 58.7 Å². The van der Waals surface area contributed by atoms with Crippen LogP contribution in [0.3, 0.4) is 0 Å². The molecule has 3 aromatic rings. The fourth-order valence-corrected chi connectivity index (χ4v) is 3.78. The van der Waals surface area contributed by atoms with Crippen molar-refractivity contribution in [2.75, 3.05) is 21.0 Å². The van der Waals surface area contributed by atoms with E-state index in [1.165, 1.54) is 26.4 Å². The molecule has 0 unspecified atom stereocenters. The normalized spacial score (nSPS) is 12.7. The number of primary sulfonamides is 1. The number of halogens is 1. The minimum absolute atomic E-state index is 0.00124. The molecule has 1 aliphatic rings. The Bertz CT molecular complexity index is 1200. The molecular weight excluding hydrogens is 413 g/mol. The minimum Gasteiger partial charge on any atom is -0.494 e. The molecule has 156 valence electrons. The second-order valence-electron chi connectivity index (χ2n) is 6.52. The number of fused-ring (bicyclic) bond motifs is 1. The SMILES string of the molecule is COc1cc(-c2cc3c(cc2-c2ccc(S(N)(=O)=O)cc2)OCO3)cc(OC)c1F. The number of benzene rings is 3. The molecule has 0 fully saturated rings. The Morgan fingerprint density at radius 2 is 1.37 bits per heavy atom. The molecule has 0 spiro atoms. The maximum absolute atomic E-state index is 14.4. The molecule has 0 aromatic heterocycles. The third kappa shape index (κ3) is 3.53. The zero-order chi connectivity index (χ0) is 21.5. The Morgan fingerprint density at radius 3 is 1.83 bits per heavy atom. The van der Waals surface area contributed by atoms with Crippen molar-refractivity contribution in [3.63, 3.8) is 0 Å². The highest BCUT2D eigenvalue weighted by Gasteiger charge is 2.22. The number of ether oxygens (including phenoxy) is 4. The summed E-state index contributed by atoms with van der Waals surface area (Å²) >= 11 is 0. The molecule has 0 amide bonds. The molecule has 0 saturated carbocycles. The summed E-state index contributed by atoms with van der Waals surface area (Å²) < 4.78 is 58.8. The topological polar surface area (TPSA) is 97.1 Å². The van der Waals surface area contributed by atoms with Gasteiger partial charge in [-0.15, -0.1) is 0 Å². The summed E-state index contributed by atoms with van der Waals surface area (Å²) in [6.45, 7) is 0.0820. The highest BCUT2D eigenvalue weighted by Crippen LogP contribution is 2.45. The number of sulfonamides is 1. The van der Waals surface area contributed by atoms with Gasteiger partial charge >= 0.3 is 0 Å². The molecule has 0 saturated heterocycles. The maximum atomic E-state index is 14.4. The van der Waals surface area contributed by atoms with E-state index in [1.54, 1.807) is 36.4 Å². The molecule has 30 heavy (non-hydrogen) atoms. The van der Waals surface area contributed by atoms with Crippen LogP contribution in [0.2, 0.25) is 0 Å². The Balaban J connectivity index is 1.93. The number of hydrogen-bond donors (Lipinski definition) is 1. The third-order valence-corrected chi connectivity index (χ3v) is 5.69. The van der Waals surface area contributed by atoms with Crippen LogP contribution in [0.25, 0.3) is 22.3 Å². The van der Waals surface area contributed by atoms with Crippen molar-refractivity contribution in [3.05, 3.63) is 54.3 Å². The summed E-state index contributed by atoms with van der Waals surface area (Å²) in [6, 6.07) is 12.8. The van der Waals surface area contributed by atoms with Gasteiger partial charge in [0.25, 0.3) is 0 Å². The number of methoxy groups -OCH3 is 2. The predicted octanol–water partition coefficient (Wildman–Crippen LogP) is 3.55. The predicted molar refractivity (Wildman–Crippen MR) is 108 cm³/mol. The summed E-state index contributed by atoms with van der Waals surface area (Å²) in [6.07, 6.45) is 0. The van der Waals surface area contributed by atoms with Crippen LogP contribution in [0, 0.1) is 5.82 Å². The van der Waals surface area contributed by atoms with E-state index >= 15 is 0 Å². The zero-order valence-corrected chi connectivity index (χ0v) is 17.0. The summed E-state index contributed by atoms with van der Waals surface area (Å²) in [5.74, 6) is 0.529. The second-order valence-corrected chi connectivity index (χ2v) is 8.08. The lowest BCUT2D eigenvalue weighted by Gasteiger charge is -2.15. The van der Waals surface area contributed by atoms with E-state index in [0.717, 1.165) is 5.56 Å². The average molecular weight is 431 g/mol. The van der Waals surface area contributed by atoms with Crippen molar-refractivity contribution in [1.29, 1.82) is 0 Å². The Hall–Kier alpha value is -3.30. The van der Waals surface area contributed by atoms with Crippen molar-refractivity contribution < 1.29 is 31.8 Å². The van der Waals surface area contributed by atoms with Gasteiger partial charge in [0.1, 0.15) is 0 Å². The van der Waals surface area contributed by atoms with Crippen LogP contribution in [0.4, 0.5) is 4.39 Å². The van der Waals surface area contributed by atoms with E-state index in [4.69, 9.17) is 24.1 Å². The smallest absolute Gasteiger partial charge is 0.238 e. The second kappa shape index (κ2) is 7.51. The minimum atomic E-state index is -3.82. The summed E-state index contributed by atoms with van der Waals surface area (Å²) in [7, 11) is -1.08. The zero-order valence-electron chi connectivity index (χ0n) is 16.1. The lowest BCUT2D eigenvalue weighted by molar-refractivity contribution is 0.174. The van der Waals surface area contributed by atoms with Crippen LogP contribution in [0.5, 0.6) is 23.0 Å². The van der Waals surface area contributed by atoms with Gasteiger partial charge in [-0.2, -0.15) is 4.39 Å². The van der Waals surface area contributed by atoms with E-state index in [2.05, 4.69) is 0 Å². The highest BCUT2D eigenvalue weighted by atomic mass is 32.2. The summed E-state index contributed by atoms with van der Waals surface area (Å²) in [5, 5.41) is 5.19. The maximum Gasteiger partial charge on any atom is 0.238 e. The first-order valence-corrected chi connectivity index (χ1v) is 10.3. The van der Waals surface area contributed by atoms with Crippen molar-refractivity contribution in [1.82, 2.24) is 0 Å². The molecule has 4 rings (SSSR count). The largest absolute Gasteiger partial charge is 0.494 e. The van der Waals surface area contributed by atoms with E-state index in [9.17, 15) is 12.8 Å². The Labute approximate surface area is 172 Å². The molecule has 3 aromatic carbocycles. The van der Waals surface area contributed by atoms with Crippen molar-refractivity contribution in [2.24, 2.45) is 5.14 Å². The standard InChI is InChI=1S/C21H18FNO6S/c1-26-19-7-13(8-20(27-2)21(19)22)16-10-18-17(28-11-29-18)9-15(16)12-3-5-14(6-4-12)30(23,24)25/h3-10H,11H2,1-2H3,(H2,23,24,25). The van der Waals surface area contributed by atoms with E-state index < -0.39 is 15.8 Å². The summed E-state index contributed by atoms with van der Waals surface area (Å²) in [5.41, 5.74) is 2.74. The quantitative estimate of drug-likeness (QED) is 0.664. The first kappa shape index (κ1) is 20.0. The molecule has 0 atom stereocenters. The molecule has 0 aliphatic carbocycles. The van der Waals surface area contributed by atoms with Crippen LogP contribution in [-0.2, 0) is 10.0 Å². The molecule has 2 N–H and O–H groups in total. The van der Waals surface area contributed by atoms with Crippen LogP contribution in [0.15, 0.2) is 53.4 Å². The van der Waals surface area contributed by atoms with Gasteiger partial charge in [-0.3, -0.25) is 0 Å². The molecule has 7 nitrogen and oxygen atoms in total. The van der Waals surface area contributed by atoms with Crippen LogP contribution >= 0.6 is 0 Å². The Morgan fingerprint density at radius 1 is 0.867 bits per heavy atom. The lowest BCUT2D eigenvalue weighted by Crippen LogP contribution is -2.11.